The summed E-state index contributed by atoms with van der Waals surface area (Å²) in [5, 5.41) is 0.867. The first-order valence-corrected chi connectivity index (χ1v) is 10.2. The molecule has 1 aromatic carbocycles. The molecule has 0 bridgehead atoms. The summed E-state index contributed by atoms with van der Waals surface area (Å²) >= 11 is 13.1. The second-order valence-electron chi connectivity index (χ2n) is 7.05. The zero-order chi connectivity index (χ0) is 21.3. The third-order valence-electron chi connectivity index (χ3n) is 5.28. The fourth-order valence-corrected chi connectivity index (χ4v) is 4.44. The van der Waals surface area contributed by atoms with Gasteiger partial charge in [0.05, 0.1) is 35.9 Å². The number of amides is 1. The third-order valence-corrected chi connectivity index (χ3v) is 6.02. The number of halogens is 2. The summed E-state index contributed by atoms with van der Waals surface area (Å²) in [4.78, 5) is 30.1. The molecule has 0 saturated carbocycles. The van der Waals surface area contributed by atoms with Crippen LogP contribution < -0.4 is 10.3 Å². The van der Waals surface area contributed by atoms with E-state index < -0.39 is 0 Å². The van der Waals surface area contributed by atoms with Crippen LogP contribution in [-0.2, 0) is 17.7 Å². The highest BCUT2D eigenvalue weighted by Gasteiger charge is 2.32. The molecule has 1 N–H and O–H groups in total. The van der Waals surface area contributed by atoms with Crippen LogP contribution in [0.25, 0.3) is 0 Å². The number of hydrogen-bond acceptors (Lipinski definition) is 4. The van der Waals surface area contributed by atoms with Gasteiger partial charge >= 0.3 is 0 Å². The number of ether oxygens (including phenoxy) is 2. The fraction of sp³-hybridized carbons (Fsp3) is 0.429. The summed E-state index contributed by atoms with van der Waals surface area (Å²) in [7, 11) is 3.10. The number of carbonyl (C=O) groups excluding carboxylic acids is 1. The van der Waals surface area contributed by atoms with Crippen LogP contribution in [0.3, 0.4) is 0 Å². The summed E-state index contributed by atoms with van der Waals surface area (Å²) < 4.78 is 10.9. The monoisotopic (exact) mass is 438 g/mol. The number of pyridine rings is 1. The van der Waals surface area contributed by atoms with Crippen LogP contribution in [-0.4, -0.2) is 36.6 Å². The van der Waals surface area contributed by atoms with E-state index in [9.17, 15) is 9.59 Å². The van der Waals surface area contributed by atoms with Crippen molar-refractivity contribution in [1.82, 2.24) is 9.88 Å². The Labute approximate surface area is 179 Å². The first kappa shape index (κ1) is 21.7. The van der Waals surface area contributed by atoms with Gasteiger partial charge in [-0.05, 0) is 37.5 Å². The predicted octanol–water partition coefficient (Wildman–Crippen LogP) is 4.29. The topological polar surface area (TPSA) is 71.6 Å². The number of hydrogen-bond donors (Lipinski definition) is 1. The van der Waals surface area contributed by atoms with Crippen molar-refractivity contribution < 1.29 is 14.3 Å². The molecule has 1 amide bonds. The van der Waals surface area contributed by atoms with Gasteiger partial charge in [-0.3, -0.25) is 9.59 Å². The summed E-state index contributed by atoms with van der Waals surface area (Å²) in [6, 6.07) is 3.53. The molecule has 1 aliphatic rings. The van der Waals surface area contributed by atoms with Crippen molar-refractivity contribution >= 4 is 29.1 Å². The minimum atomic E-state index is -0.274. The van der Waals surface area contributed by atoms with Gasteiger partial charge in [0.2, 0.25) is 0 Å². The molecule has 2 aromatic rings. The number of aryl methyl sites for hydroxylation is 1. The standard InChI is InChI=1S/C21H24Cl2N2O4/c1-5-16(28-3)13-9-15(22)12-6-7-25(21(27)18(12)19(13)23)10-14-17(29-4)8-11(2)24-20(14)26/h8-9,16H,5-7,10H2,1-4H3,(H,24,26). The fourth-order valence-electron chi connectivity index (χ4n) is 3.76. The second-order valence-corrected chi connectivity index (χ2v) is 7.84. The molecule has 0 aliphatic carbocycles. The van der Waals surface area contributed by atoms with Crippen LogP contribution in [0.4, 0.5) is 0 Å². The molecule has 1 atom stereocenters. The molecule has 1 aliphatic heterocycles. The normalized spacial score (nSPS) is 14.7. The zero-order valence-corrected chi connectivity index (χ0v) is 18.4. The quantitative estimate of drug-likeness (QED) is 0.729. The Morgan fingerprint density at radius 3 is 2.59 bits per heavy atom. The zero-order valence-electron chi connectivity index (χ0n) is 16.9. The van der Waals surface area contributed by atoms with Crippen LogP contribution in [0, 0.1) is 6.92 Å². The minimum Gasteiger partial charge on any atom is -0.496 e. The van der Waals surface area contributed by atoms with E-state index in [-0.39, 0.29) is 24.1 Å². The van der Waals surface area contributed by atoms with Crippen molar-refractivity contribution in [3.8, 4) is 5.75 Å². The summed E-state index contributed by atoms with van der Waals surface area (Å²) in [6.45, 7) is 4.30. The van der Waals surface area contributed by atoms with Gasteiger partial charge in [0.15, 0.2) is 0 Å². The average molecular weight is 439 g/mol. The Hall–Kier alpha value is -2.02. The van der Waals surface area contributed by atoms with Crippen molar-refractivity contribution in [3.05, 3.63) is 60.5 Å². The predicted molar refractivity (Wildman–Crippen MR) is 113 cm³/mol. The van der Waals surface area contributed by atoms with Crippen LogP contribution in [0.1, 0.15) is 52.2 Å². The maximum absolute atomic E-state index is 13.3. The Bertz CT molecular complexity index is 999. The number of fused-ring (bicyclic) bond motifs is 1. The molecule has 0 spiro atoms. The van der Waals surface area contributed by atoms with Gasteiger partial charge in [0.1, 0.15) is 5.75 Å². The van der Waals surface area contributed by atoms with Crippen molar-refractivity contribution in [3.63, 3.8) is 0 Å². The van der Waals surface area contributed by atoms with E-state index >= 15 is 0 Å². The number of nitrogens with one attached hydrogen (secondary N) is 1. The van der Waals surface area contributed by atoms with Crippen LogP contribution in [0.5, 0.6) is 5.75 Å². The third kappa shape index (κ3) is 4.02. The van der Waals surface area contributed by atoms with Crippen molar-refractivity contribution in [2.24, 2.45) is 0 Å². The number of aromatic nitrogens is 1. The summed E-state index contributed by atoms with van der Waals surface area (Å²) in [6.07, 6.45) is 0.989. The molecule has 0 fully saturated rings. The van der Waals surface area contributed by atoms with Crippen molar-refractivity contribution in [2.45, 2.75) is 39.3 Å². The lowest BCUT2D eigenvalue weighted by molar-refractivity contribution is 0.0723. The highest BCUT2D eigenvalue weighted by Crippen LogP contribution is 2.39. The molecular formula is C21H24Cl2N2O4. The lowest BCUT2D eigenvalue weighted by Crippen LogP contribution is -2.39. The molecule has 1 unspecified atom stereocenters. The molecule has 156 valence electrons. The van der Waals surface area contributed by atoms with Gasteiger partial charge in [0.25, 0.3) is 11.5 Å². The van der Waals surface area contributed by atoms with Crippen LogP contribution in [0.2, 0.25) is 10.0 Å². The maximum Gasteiger partial charge on any atom is 0.256 e. The highest BCUT2D eigenvalue weighted by atomic mass is 35.5. The van der Waals surface area contributed by atoms with Gasteiger partial charge in [-0.2, -0.15) is 0 Å². The Balaban J connectivity index is 2.03. The molecular weight excluding hydrogens is 415 g/mol. The van der Waals surface area contributed by atoms with Gasteiger partial charge in [-0.15, -0.1) is 0 Å². The molecule has 2 heterocycles. The van der Waals surface area contributed by atoms with E-state index in [1.807, 2.05) is 6.92 Å². The lowest BCUT2D eigenvalue weighted by Gasteiger charge is -2.31. The van der Waals surface area contributed by atoms with Gasteiger partial charge < -0.3 is 19.4 Å². The van der Waals surface area contributed by atoms with E-state index in [4.69, 9.17) is 32.7 Å². The molecule has 8 heteroatoms. The SMILES string of the molecule is CCC(OC)c1cc(Cl)c2c(c1Cl)C(=O)N(Cc1c(OC)cc(C)[nH]c1=O)CC2. The van der Waals surface area contributed by atoms with Crippen molar-refractivity contribution in [2.75, 3.05) is 20.8 Å². The smallest absolute Gasteiger partial charge is 0.256 e. The van der Waals surface area contributed by atoms with E-state index in [2.05, 4.69) is 4.98 Å². The van der Waals surface area contributed by atoms with E-state index in [0.717, 1.165) is 5.56 Å². The Morgan fingerprint density at radius 2 is 1.97 bits per heavy atom. The Kier molecular flexibility index (Phi) is 6.56. The number of nitrogens with zero attached hydrogens (tertiary/aromatic N) is 1. The number of carbonyl (C=O) groups is 1. The number of aromatic amines is 1. The maximum atomic E-state index is 13.3. The molecule has 29 heavy (non-hydrogen) atoms. The molecule has 0 radical (unpaired) electrons. The molecule has 0 saturated heterocycles. The van der Waals surface area contributed by atoms with Crippen LogP contribution in [0.15, 0.2) is 16.9 Å². The number of benzene rings is 1. The highest BCUT2D eigenvalue weighted by molar-refractivity contribution is 6.37. The first-order chi connectivity index (χ1) is 13.8. The Morgan fingerprint density at radius 1 is 1.24 bits per heavy atom. The van der Waals surface area contributed by atoms with E-state index in [0.29, 0.717) is 57.6 Å². The summed E-state index contributed by atoms with van der Waals surface area (Å²) in [5.41, 5.74) is 2.63. The molecule has 1 aromatic heterocycles. The number of H-pyrrole nitrogens is 1. The second kappa shape index (κ2) is 8.78. The van der Waals surface area contributed by atoms with Crippen molar-refractivity contribution in [1.29, 1.82) is 0 Å². The van der Waals surface area contributed by atoms with Crippen LogP contribution >= 0.6 is 23.2 Å². The van der Waals surface area contributed by atoms with Gasteiger partial charge in [-0.25, -0.2) is 0 Å². The number of rotatable bonds is 6. The van der Waals surface area contributed by atoms with E-state index in [1.54, 1.807) is 31.1 Å². The minimum absolute atomic E-state index is 0.122. The van der Waals surface area contributed by atoms with Gasteiger partial charge in [-0.1, -0.05) is 30.1 Å². The first-order valence-electron chi connectivity index (χ1n) is 9.41. The van der Waals surface area contributed by atoms with E-state index in [1.165, 1.54) is 7.11 Å². The lowest BCUT2D eigenvalue weighted by atomic mass is 9.93. The molecule has 6 nitrogen and oxygen atoms in total. The summed E-state index contributed by atoms with van der Waals surface area (Å²) in [5.74, 6) is 0.196. The number of methoxy groups -OCH3 is 2. The average Bonchev–Trinajstić information content (AvgIpc) is 2.69. The largest absolute Gasteiger partial charge is 0.496 e. The molecule has 3 rings (SSSR count). The van der Waals surface area contributed by atoms with Gasteiger partial charge in [0, 0.05) is 29.9 Å².